The number of aromatic hydroxyl groups is 1. The zero-order chi connectivity index (χ0) is 20.2. The highest BCUT2D eigenvalue weighted by molar-refractivity contribution is 5.71. The number of nitrogens with zero attached hydrogens (tertiary/aromatic N) is 2. The molecule has 0 saturated carbocycles. The van der Waals surface area contributed by atoms with E-state index in [1.54, 1.807) is 18.2 Å². The van der Waals surface area contributed by atoms with Crippen molar-refractivity contribution in [3.05, 3.63) is 60.5 Å². The van der Waals surface area contributed by atoms with Gasteiger partial charge in [0.05, 0.1) is 5.56 Å². The SMILES string of the molecule is C=C/C=C(\C=C/C)c1nnc(-c2ccc(C(C)(C)CC(C)(C)C)cc2O)o1. The van der Waals surface area contributed by atoms with Gasteiger partial charge in [-0.15, -0.1) is 10.2 Å². The van der Waals surface area contributed by atoms with Gasteiger partial charge in [-0.1, -0.05) is 71.6 Å². The first-order chi connectivity index (χ1) is 12.6. The Hall–Kier alpha value is -2.62. The Morgan fingerprint density at radius 1 is 1.19 bits per heavy atom. The fraction of sp³-hybridized carbons (Fsp3) is 0.391. The van der Waals surface area contributed by atoms with Crippen LogP contribution in [-0.2, 0) is 5.41 Å². The van der Waals surface area contributed by atoms with Crippen LogP contribution in [0.2, 0.25) is 0 Å². The lowest BCUT2D eigenvalue weighted by molar-refractivity contribution is 0.283. The molecule has 144 valence electrons. The van der Waals surface area contributed by atoms with Gasteiger partial charge in [0.25, 0.3) is 5.89 Å². The van der Waals surface area contributed by atoms with E-state index in [2.05, 4.69) is 51.4 Å². The maximum atomic E-state index is 10.6. The van der Waals surface area contributed by atoms with Crippen LogP contribution in [0, 0.1) is 5.41 Å². The molecule has 0 saturated heterocycles. The van der Waals surface area contributed by atoms with E-state index in [0.29, 0.717) is 17.3 Å². The van der Waals surface area contributed by atoms with Crippen LogP contribution in [0.1, 0.15) is 59.4 Å². The first-order valence-electron chi connectivity index (χ1n) is 9.20. The van der Waals surface area contributed by atoms with E-state index in [9.17, 15) is 5.11 Å². The third kappa shape index (κ3) is 5.19. The topological polar surface area (TPSA) is 59.2 Å². The van der Waals surface area contributed by atoms with Crippen molar-refractivity contribution >= 4 is 5.57 Å². The van der Waals surface area contributed by atoms with Gasteiger partial charge in [-0.3, -0.25) is 0 Å². The normalized spacial score (nSPS) is 13.3. The molecule has 2 rings (SSSR count). The van der Waals surface area contributed by atoms with E-state index in [4.69, 9.17) is 4.42 Å². The lowest BCUT2D eigenvalue weighted by atomic mass is 9.72. The van der Waals surface area contributed by atoms with Gasteiger partial charge < -0.3 is 9.52 Å². The number of hydrogen-bond acceptors (Lipinski definition) is 4. The quantitative estimate of drug-likeness (QED) is 0.609. The van der Waals surface area contributed by atoms with E-state index in [1.807, 2.05) is 31.2 Å². The van der Waals surface area contributed by atoms with Gasteiger partial charge in [0, 0.05) is 5.57 Å². The van der Waals surface area contributed by atoms with Crippen LogP contribution in [0.5, 0.6) is 5.75 Å². The van der Waals surface area contributed by atoms with Crippen molar-refractivity contribution in [2.24, 2.45) is 5.41 Å². The summed E-state index contributed by atoms with van der Waals surface area (Å²) in [6.07, 6.45) is 8.24. The first kappa shape index (κ1) is 20.7. The van der Waals surface area contributed by atoms with Crippen molar-refractivity contribution in [1.82, 2.24) is 10.2 Å². The molecule has 0 bridgehead atoms. The third-order valence-electron chi connectivity index (χ3n) is 4.30. The van der Waals surface area contributed by atoms with E-state index in [1.165, 1.54) is 0 Å². The lowest BCUT2D eigenvalue weighted by Crippen LogP contribution is -2.24. The van der Waals surface area contributed by atoms with Crippen molar-refractivity contribution in [2.45, 2.75) is 53.4 Å². The number of phenolic OH excluding ortho intramolecular Hbond substituents is 1. The van der Waals surface area contributed by atoms with Crippen LogP contribution < -0.4 is 0 Å². The molecule has 1 aromatic carbocycles. The minimum absolute atomic E-state index is 0.0555. The largest absolute Gasteiger partial charge is 0.507 e. The second-order valence-corrected chi connectivity index (χ2v) is 8.62. The third-order valence-corrected chi connectivity index (χ3v) is 4.30. The van der Waals surface area contributed by atoms with E-state index >= 15 is 0 Å². The smallest absolute Gasteiger partial charge is 0.251 e. The molecule has 0 spiro atoms. The lowest BCUT2D eigenvalue weighted by Gasteiger charge is -2.33. The van der Waals surface area contributed by atoms with Crippen molar-refractivity contribution in [1.29, 1.82) is 0 Å². The Bertz CT molecular complexity index is 865. The molecule has 2 aromatic rings. The first-order valence-corrected chi connectivity index (χ1v) is 9.20. The molecule has 0 amide bonds. The Morgan fingerprint density at radius 2 is 1.89 bits per heavy atom. The molecule has 0 radical (unpaired) electrons. The molecule has 0 aliphatic heterocycles. The second-order valence-electron chi connectivity index (χ2n) is 8.62. The average molecular weight is 367 g/mol. The van der Waals surface area contributed by atoms with Crippen LogP contribution in [-0.4, -0.2) is 15.3 Å². The molecule has 1 aromatic heterocycles. The maximum Gasteiger partial charge on any atom is 0.251 e. The molecule has 4 nitrogen and oxygen atoms in total. The summed E-state index contributed by atoms with van der Waals surface area (Å²) in [5.41, 5.74) is 2.52. The van der Waals surface area contributed by atoms with Gasteiger partial charge in [0.1, 0.15) is 5.75 Å². The molecule has 27 heavy (non-hydrogen) atoms. The highest BCUT2D eigenvalue weighted by atomic mass is 16.4. The van der Waals surface area contributed by atoms with Crippen molar-refractivity contribution in [3.63, 3.8) is 0 Å². The number of aromatic nitrogens is 2. The summed E-state index contributed by atoms with van der Waals surface area (Å²) in [5, 5.41) is 18.8. The average Bonchev–Trinajstić information content (AvgIpc) is 3.02. The molecule has 0 atom stereocenters. The molecular weight excluding hydrogens is 336 g/mol. The van der Waals surface area contributed by atoms with Gasteiger partial charge in [-0.05, 0) is 41.9 Å². The molecule has 1 heterocycles. The Kier molecular flexibility index (Phi) is 6.09. The summed E-state index contributed by atoms with van der Waals surface area (Å²) >= 11 is 0. The summed E-state index contributed by atoms with van der Waals surface area (Å²) in [6, 6.07) is 5.67. The zero-order valence-corrected chi connectivity index (χ0v) is 17.2. The predicted octanol–water partition coefficient (Wildman–Crippen LogP) is 6.30. The molecule has 1 N–H and O–H groups in total. The summed E-state index contributed by atoms with van der Waals surface area (Å²) in [7, 11) is 0. The minimum atomic E-state index is -0.0555. The summed E-state index contributed by atoms with van der Waals surface area (Å²) in [6.45, 7) is 16.7. The van der Waals surface area contributed by atoms with E-state index < -0.39 is 0 Å². The fourth-order valence-corrected chi connectivity index (χ4v) is 3.51. The van der Waals surface area contributed by atoms with Crippen LogP contribution in [0.4, 0.5) is 0 Å². The maximum absolute atomic E-state index is 10.6. The van der Waals surface area contributed by atoms with Crippen molar-refractivity contribution in [3.8, 4) is 17.2 Å². The van der Waals surface area contributed by atoms with E-state index in [0.717, 1.165) is 17.6 Å². The number of allylic oxidation sites excluding steroid dienone is 5. The van der Waals surface area contributed by atoms with Crippen LogP contribution >= 0.6 is 0 Å². The molecule has 4 heteroatoms. The highest BCUT2D eigenvalue weighted by Crippen LogP contribution is 2.39. The predicted molar refractivity (Wildman–Crippen MR) is 111 cm³/mol. The number of hydrogen-bond donors (Lipinski definition) is 1. The van der Waals surface area contributed by atoms with Crippen LogP contribution in [0.15, 0.2) is 53.5 Å². The van der Waals surface area contributed by atoms with Gasteiger partial charge in [0.2, 0.25) is 5.89 Å². The Morgan fingerprint density at radius 3 is 2.44 bits per heavy atom. The van der Waals surface area contributed by atoms with Crippen LogP contribution in [0.25, 0.3) is 17.0 Å². The zero-order valence-electron chi connectivity index (χ0n) is 17.2. The highest BCUT2D eigenvalue weighted by Gasteiger charge is 2.28. The number of rotatable bonds is 6. The Labute approximate surface area is 162 Å². The minimum Gasteiger partial charge on any atom is -0.507 e. The second kappa shape index (κ2) is 7.95. The van der Waals surface area contributed by atoms with Gasteiger partial charge in [-0.2, -0.15) is 0 Å². The van der Waals surface area contributed by atoms with Gasteiger partial charge >= 0.3 is 0 Å². The number of phenols is 1. The van der Waals surface area contributed by atoms with Gasteiger partial charge in [-0.25, -0.2) is 0 Å². The van der Waals surface area contributed by atoms with E-state index in [-0.39, 0.29) is 16.6 Å². The molecular formula is C23H30N2O2. The molecule has 0 unspecified atom stereocenters. The summed E-state index contributed by atoms with van der Waals surface area (Å²) in [4.78, 5) is 0. The molecule has 0 aliphatic carbocycles. The monoisotopic (exact) mass is 366 g/mol. The Balaban J connectivity index is 2.37. The van der Waals surface area contributed by atoms with Crippen molar-refractivity contribution < 1.29 is 9.52 Å². The molecule has 0 fully saturated rings. The van der Waals surface area contributed by atoms with Gasteiger partial charge in [0.15, 0.2) is 0 Å². The summed E-state index contributed by atoms with van der Waals surface area (Å²) in [5.74, 6) is 0.826. The fourth-order valence-electron chi connectivity index (χ4n) is 3.51. The van der Waals surface area contributed by atoms with Crippen LogP contribution in [0.3, 0.4) is 0 Å². The van der Waals surface area contributed by atoms with Crippen molar-refractivity contribution in [2.75, 3.05) is 0 Å². The standard InChI is InChI=1S/C23H30N2O2/c1-8-10-16(11-9-2)20-24-25-21(27-20)18-13-12-17(14-19(18)26)23(6,7)15-22(3,4)5/h8-14,26H,1,15H2,2-7H3/b11-9-,16-10+. The number of benzene rings is 1. The molecule has 0 aliphatic rings. The summed E-state index contributed by atoms with van der Waals surface area (Å²) < 4.78 is 5.77.